The highest BCUT2D eigenvalue weighted by atomic mass is 16.5. The van der Waals surface area contributed by atoms with Gasteiger partial charge in [-0.1, -0.05) is 12.2 Å². The first-order valence-electron chi connectivity index (χ1n) is 5.08. The van der Waals surface area contributed by atoms with Crippen molar-refractivity contribution < 1.29 is 14.3 Å². The molecule has 2 aliphatic carbocycles. The number of hydrogen-bond donors (Lipinski definition) is 0. The minimum absolute atomic E-state index is 0.149. The van der Waals surface area contributed by atoms with Gasteiger partial charge in [-0.15, -0.1) is 0 Å². The molecule has 0 N–H and O–H groups in total. The van der Waals surface area contributed by atoms with E-state index in [1.54, 1.807) is 6.92 Å². The highest BCUT2D eigenvalue weighted by Crippen LogP contribution is 2.47. The Morgan fingerprint density at radius 1 is 1.50 bits per heavy atom. The summed E-state index contributed by atoms with van der Waals surface area (Å²) in [5.74, 6) is -0.0749. The monoisotopic (exact) mass is 194 g/mol. The van der Waals surface area contributed by atoms with Gasteiger partial charge in [-0.05, 0) is 25.2 Å². The van der Waals surface area contributed by atoms with Crippen LogP contribution in [-0.2, 0) is 14.3 Å². The number of rotatable bonds is 3. The molecule has 1 fully saturated rings. The van der Waals surface area contributed by atoms with Crippen LogP contribution < -0.4 is 0 Å². The van der Waals surface area contributed by atoms with Gasteiger partial charge in [0.25, 0.3) is 0 Å². The normalized spacial score (nSPS) is 38.6. The predicted molar refractivity (Wildman–Crippen MR) is 50.4 cm³/mol. The Balaban J connectivity index is 2.14. The molecule has 0 aromatic carbocycles. The third-order valence-corrected chi connectivity index (χ3v) is 3.24. The first-order valence-corrected chi connectivity index (χ1v) is 5.08. The van der Waals surface area contributed by atoms with Crippen molar-refractivity contribution in [2.45, 2.75) is 13.3 Å². The molecule has 2 rings (SSSR count). The molecule has 0 amide bonds. The molecule has 3 nitrogen and oxygen atoms in total. The summed E-state index contributed by atoms with van der Waals surface area (Å²) in [6.07, 6.45) is 5.95. The lowest BCUT2D eigenvalue weighted by atomic mass is 9.84. The Morgan fingerprint density at radius 3 is 2.86 bits per heavy atom. The lowest BCUT2D eigenvalue weighted by Gasteiger charge is -2.21. The second-order valence-corrected chi connectivity index (χ2v) is 3.94. The van der Waals surface area contributed by atoms with Crippen LogP contribution in [-0.4, -0.2) is 18.9 Å². The van der Waals surface area contributed by atoms with Gasteiger partial charge in [0, 0.05) is 5.92 Å². The number of carbonyl (C=O) groups excluding carboxylic acids is 2. The summed E-state index contributed by atoms with van der Waals surface area (Å²) < 4.78 is 4.98. The van der Waals surface area contributed by atoms with Crippen LogP contribution in [0.1, 0.15) is 13.3 Å². The molecule has 14 heavy (non-hydrogen) atoms. The predicted octanol–water partition coefficient (Wildman–Crippen LogP) is 1.19. The van der Waals surface area contributed by atoms with Gasteiger partial charge in [-0.25, -0.2) is 0 Å². The largest absolute Gasteiger partial charge is 0.466 e. The first-order chi connectivity index (χ1) is 6.77. The smallest absolute Gasteiger partial charge is 0.310 e. The Morgan fingerprint density at radius 2 is 2.21 bits per heavy atom. The van der Waals surface area contributed by atoms with E-state index in [0.717, 1.165) is 12.7 Å². The van der Waals surface area contributed by atoms with Crippen LogP contribution in [0, 0.1) is 23.7 Å². The molecular formula is C11H14O3. The van der Waals surface area contributed by atoms with Crippen molar-refractivity contribution in [3.63, 3.8) is 0 Å². The van der Waals surface area contributed by atoms with E-state index in [9.17, 15) is 9.59 Å². The van der Waals surface area contributed by atoms with Gasteiger partial charge in [0.05, 0.1) is 12.5 Å². The van der Waals surface area contributed by atoms with Gasteiger partial charge in [-0.3, -0.25) is 4.79 Å². The highest BCUT2D eigenvalue weighted by molar-refractivity contribution is 5.79. The fraction of sp³-hybridized carbons (Fsp3) is 0.636. The summed E-state index contributed by atoms with van der Waals surface area (Å²) in [5, 5.41) is 0. The second-order valence-electron chi connectivity index (χ2n) is 3.94. The Hall–Kier alpha value is -1.12. The minimum atomic E-state index is -0.220. The number of carbonyl (C=O) groups is 2. The van der Waals surface area contributed by atoms with Gasteiger partial charge >= 0.3 is 5.97 Å². The SMILES string of the molecule is CCOC(=O)C1C2C=CC(C2)C1C=O. The van der Waals surface area contributed by atoms with E-state index in [1.807, 2.05) is 6.08 Å². The number of ether oxygens (including phenoxy) is 1. The lowest BCUT2D eigenvalue weighted by molar-refractivity contribution is -0.151. The van der Waals surface area contributed by atoms with Crippen LogP contribution in [0.25, 0.3) is 0 Å². The molecule has 4 unspecified atom stereocenters. The van der Waals surface area contributed by atoms with Gasteiger partial charge in [0.15, 0.2) is 0 Å². The fourth-order valence-electron chi connectivity index (χ4n) is 2.62. The molecule has 2 aliphatic rings. The summed E-state index contributed by atoms with van der Waals surface area (Å²) in [6.45, 7) is 2.18. The van der Waals surface area contributed by atoms with Crippen LogP contribution in [0.15, 0.2) is 12.2 Å². The average Bonchev–Trinajstić information content (AvgIpc) is 2.76. The zero-order valence-electron chi connectivity index (χ0n) is 8.18. The van der Waals surface area contributed by atoms with Gasteiger partial charge in [-0.2, -0.15) is 0 Å². The molecule has 0 aromatic rings. The molecule has 2 bridgehead atoms. The number of allylic oxidation sites excluding steroid dienone is 2. The maximum Gasteiger partial charge on any atom is 0.310 e. The van der Waals surface area contributed by atoms with E-state index in [-0.39, 0.29) is 29.6 Å². The first kappa shape index (κ1) is 9.44. The Bertz CT molecular complexity index is 282. The molecule has 0 spiro atoms. The topological polar surface area (TPSA) is 43.4 Å². The third kappa shape index (κ3) is 1.27. The minimum Gasteiger partial charge on any atom is -0.466 e. The van der Waals surface area contributed by atoms with Crippen LogP contribution in [0.2, 0.25) is 0 Å². The number of esters is 1. The molecule has 0 heterocycles. The van der Waals surface area contributed by atoms with Crippen molar-refractivity contribution in [3.8, 4) is 0 Å². The van der Waals surface area contributed by atoms with Crippen molar-refractivity contribution >= 4 is 12.3 Å². The van der Waals surface area contributed by atoms with Gasteiger partial charge < -0.3 is 9.53 Å². The van der Waals surface area contributed by atoms with E-state index < -0.39 is 0 Å². The fourth-order valence-corrected chi connectivity index (χ4v) is 2.62. The molecule has 0 aliphatic heterocycles. The van der Waals surface area contributed by atoms with Crippen LogP contribution in [0.4, 0.5) is 0 Å². The quantitative estimate of drug-likeness (QED) is 0.385. The van der Waals surface area contributed by atoms with Gasteiger partial charge in [0.1, 0.15) is 6.29 Å². The number of aldehydes is 1. The van der Waals surface area contributed by atoms with E-state index in [2.05, 4.69) is 6.08 Å². The third-order valence-electron chi connectivity index (χ3n) is 3.24. The molecule has 76 valence electrons. The molecular weight excluding hydrogens is 180 g/mol. The zero-order chi connectivity index (χ0) is 10.1. The lowest BCUT2D eigenvalue weighted by Crippen LogP contribution is -2.30. The summed E-state index contributed by atoms with van der Waals surface area (Å²) in [5.41, 5.74) is 0. The van der Waals surface area contributed by atoms with E-state index in [4.69, 9.17) is 4.74 Å². The number of hydrogen-bond acceptors (Lipinski definition) is 3. The summed E-state index contributed by atoms with van der Waals surface area (Å²) >= 11 is 0. The van der Waals surface area contributed by atoms with Crippen LogP contribution in [0.5, 0.6) is 0 Å². The molecule has 0 radical (unpaired) electrons. The van der Waals surface area contributed by atoms with Gasteiger partial charge in [0.2, 0.25) is 0 Å². The summed E-state index contributed by atoms with van der Waals surface area (Å²) in [7, 11) is 0. The van der Waals surface area contributed by atoms with Crippen molar-refractivity contribution in [1.29, 1.82) is 0 Å². The molecule has 4 atom stereocenters. The van der Waals surface area contributed by atoms with Crippen molar-refractivity contribution in [1.82, 2.24) is 0 Å². The summed E-state index contributed by atoms with van der Waals surface area (Å²) in [6, 6.07) is 0. The molecule has 3 heteroatoms. The standard InChI is InChI=1S/C11H14O3/c1-2-14-11(13)10-8-4-3-7(5-8)9(10)6-12/h3-4,6-10H,2,5H2,1H3. The Kier molecular flexibility index (Phi) is 2.40. The van der Waals surface area contributed by atoms with E-state index in [1.165, 1.54) is 0 Å². The maximum atomic E-state index is 11.6. The van der Waals surface area contributed by atoms with Crippen molar-refractivity contribution in [2.24, 2.45) is 23.7 Å². The van der Waals surface area contributed by atoms with Crippen LogP contribution >= 0.6 is 0 Å². The van der Waals surface area contributed by atoms with Crippen LogP contribution in [0.3, 0.4) is 0 Å². The van der Waals surface area contributed by atoms with Crippen molar-refractivity contribution in [2.75, 3.05) is 6.61 Å². The highest BCUT2D eigenvalue weighted by Gasteiger charge is 2.48. The second kappa shape index (κ2) is 3.56. The van der Waals surface area contributed by atoms with E-state index >= 15 is 0 Å². The Labute approximate surface area is 83.1 Å². The van der Waals surface area contributed by atoms with E-state index in [0.29, 0.717) is 6.61 Å². The summed E-state index contributed by atoms with van der Waals surface area (Å²) in [4.78, 5) is 22.5. The molecule has 0 aromatic heterocycles. The molecule has 1 saturated carbocycles. The maximum absolute atomic E-state index is 11.6. The average molecular weight is 194 g/mol. The number of fused-ring (bicyclic) bond motifs is 2. The zero-order valence-corrected chi connectivity index (χ0v) is 8.18. The van der Waals surface area contributed by atoms with Crippen molar-refractivity contribution in [3.05, 3.63) is 12.2 Å². The molecule has 0 saturated heterocycles.